The van der Waals surface area contributed by atoms with Crippen LogP contribution in [0.3, 0.4) is 0 Å². The van der Waals surface area contributed by atoms with Gasteiger partial charge in [-0.2, -0.15) is 0 Å². The number of methoxy groups -OCH3 is 1. The maximum absolute atomic E-state index is 11.5. The molecular formula is C11H13BrN2O2. The lowest BCUT2D eigenvalue weighted by molar-refractivity contribution is 0.251. The molecule has 0 radical (unpaired) electrons. The van der Waals surface area contributed by atoms with Crippen molar-refractivity contribution < 1.29 is 9.53 Å². The van der Waals surface area contributed by atoms with E-state index in [0.29, 0.717) is 17.5 Å². The standard InChI is InChI=1S/C11H13BrN2O2/c1-16-10-5-7(12)4-9(6-10)14-11(15)13-8-2-3-8/h4-6,8H,2-3H2,1H3,(H2,13,14,15). The number of urea groups is 1. The number of carbonyl (C=O) groups excluding carboxylic acids is 1. The monoisotopic (exact) mass is 284 g/mol. The summed E-state index contributed by atoms with van der Waals surface area (Å²) in [4.78, 5) is 11.5. The van der Waals surface area contributed by atoms with Gasteiger partial charge in [-0.25, -0.2) is 4.79 Å². The lowest BCUT2D eigenvalue weighted by Gasteiger charge is -2.08. The molecular weight excluding hydrogens is 272 g/mol. The average molecular weight is 285 g/mol. The summed E-state index contributed by atoms with van der Waals surface area (Å²) < 4.78 is 5.98. The first-order valence-electron chi connectivity index (χ1n) is 5.09. The van der Waals surface area contributed by atoms with Crippen molar-refractivity contribution in [2.45, 2.75) is 18.9 Å². The van der Waals surface area contributed by atoms with Gasteiger partial charge in [0.15, 0.2) is 0 Å². The first-order chi connectivity index (χ1) is 7.67. The predicted octanol–water partition coefficient (Wildman–Crippen LogP) is 2.74. The minimum atomic E-state index is -0.164. The fourth-order valence-electron chi connectivity index (χ4n) is 1.33. The van der Waals surface area contributed by atoms with Crippen molar-refractivity contribution in [1.82, 2.24) is 5.32 Å². The summed E-state index contributed by atoms with van der Waals surface area (Å²) >= 11 is 3.36. The van der Waals surface area contributed by atoms with E-state index in [1.54, 1.807) is 13.2 Å². The fourth-order valence-corrected chi connectivity index (χ4v) is 1.81. The number of ether oxygens (including phenoxy) is 1. The number of carbonyl (C=O) groups is 1. The maximum atomic E-state index is 11.5. The van der Waals surface area contributed by atoms with Crippen LogP contribution in [-0.2, 0) is 0 Å². The van der Waals surface area contributed by atoms with E-state index in [0.717, 1.165) is 17.3 Å². The molecule has 1 aliphatic carbocycles. The number of rotatable bonds is 3. The minimum absolute atomic E-state index is 0.164. The van der Waals surface area contributed by atoms with Crippen molar-refractivity contribution in [1.29, 1.82) is 0 Å². The zero-order valence-corrected chi connectivity index (χ0v) is 10.5. The largest absolute Gasteiger partial charge is 0.497 e. The first-order valence-corrected chi connectivity index (χ1v) is 5.89. The highest BCUT2D eigenvalue weighted by Gasteiger charge is 2.23. The molecule has 0 unspecified atom stereocenters. The Balaban J connectivity index is 2.01. The van der Waals surface area contributed by atoms with E-state index in [1.165, 1.54) is 0 Å². The molecule has 0 spiro atoms. The fraction of sp³-hybridized carbons (Fsp3) is 0.364. The van der Waals surface area contributed by atoms with Crippen LogP contribution in [0.15, 0.2) is 22.7 Å². The number of amides is 2. The van der Waals surface area contributed by atoms with Crippen molar-refractivity contribution in [2.75, 3.05) is 12.4 Å². The van der Waals surface area contributed by atoms with Crippen LogP contribution in [0, 0.1) is 0 Å². The summed E-state index contributed by atoms with van der Waals surface area (Å²) in [6.07, 6.45) is 2.16. The molecule has 16 heavy (non-hydrogen) atoms. The molecule has 5 heteroatoms. The van der Waals surface area contributed by atoms with Gasteiger partial charge in [-0.1, -0.05) is 15.9 Å². The summed E-state index contributed by atoms with van der Waals surface area (Å²) in [5.41, 5.74) is 0.712. The Morgan fingerprint density at radius 1 is 1.44 bits per heavy atom. The maximum Gasteiger partial charge on any atom is 0.319 e. The number of nitrogens with one attached hydrogen (secondary N) is 2. The van der Waals surface area contributed by atoms with Gasteiger partial charge in [0.05, 0.1) is 7.11 Å². The van der Waals surface area contributed by atoms with Crippen LogP contribution in [0.2, 0.25) is 0 Å². The Kier molecular flexibility index (Phi) is 3.33. The van der Waals surface area contributed by atoms with E-state index in [-0.39, 0.29) is 6.03 Å². The lowest BCUT2D eigenvalue weighted by atomic mass is 10.3. The van der Waals surface area contributed by atoms with E-state index < -0.39 is 0 Å². The lowest BCUT2D eigenvalue weighted by Crippen LogP contribution is -2.30. The second-order valence-electron chi connectivity index (χ2n) is 3.75. The van der Waals surface area contributed by atoms with Crippen LogP contribution >= 0.6 is 15.9 Å². The van der Waals surface area contributed by atoms with Crippen LogP contribution in [0.25, 0.3) is 0 Å². The van der Waals surface area contributed by atoms with Gasteiger partial charge in [0.1, 0.15) is 5.75 Å². The number of halogens is 1. The summed E-state index contributed by atoms with van der Waals surface area (Å²) in [5.74, 6) is 0.705. The Bertz CT molecular complexity index is 405. The van der Waals surface area contributed by atoms with Crippen LogP contribution in [0.5, 0.6) is 5.75 Å². The molecule has 0 heterocycles. The summed E-state index contributed by atoms with van der Waals surface area (Å²) in [6, 6.07) is 5.63. The second kappa shape index (κ2) is 4.74. The summed E-state index contributed by atoms with van der Waals surface area (Å²) in [6.45, 7) is 0. The SMILES string of the molecule is COc1cc(Br)cc(NC(=O)NC2CC2)c1. The Morgan fingerprint density at radius 2 is 2.19 bits per heavy atom. The Hall–Kier alpha value is -1.23. The Morgan fingerprint density at radius 3 is 2.81 bits per heavy atom. The topological polar surface area (TPSA) is 50.4 Å². The molecule has 1 aliphatic rings. The summed E-state index contributed by atoms with van der Waals surface area (Å²) in [5, 5.41) is 5.62. The second-order valence-corrected chi connectivity index (χ2v) is 4.67. The molecule has 1 fully saturated rings. The molecule has 1 aromatic carbocycles. The van der Waals surface area contributed by atoms with Gasteiger partial charge in [-0.15, -0.1) is 0 Å². The molecule has 2 amide bonds. The van der Waals surface area contributed by atoms with Crippen molar-refractivity contribution in [3.05, 3.63) is 22.7 Å². The number of hydrogen-bond acceptors (Lipinski definition) is 2. The molecule has 0 aromatic heterocycles. The molecule has 1 aromatic rings. The highest BCUT2D eigenvalue weighted by Crippen LogP contribution is 2.25. The smallest absolute Gasteiger partial charge is 0.319 e. The minimum Gasteiger partial charge on any atom is -0.497 e. The molecule has 0 atom stereocenters. The Labute approximate surface area is 102 Å². The third kappa shape index (κ3) is 3.13. The molecule has 0 aliphatic heterocycles. The van der Waals surface area contributed by atoms with Crippen LogP contribution in [0.1, 0.15) is 12.8 Å². The van der Waals surface area contributed by atoms with Gasteiger partial charge in [0.25, 0.3) is 0 Å². The van der Waals surface area contributed by atoms with E-state index in [2.05, 4.69) is 26.6 Å². The summed E-state index contributed by atoms with van der Waals surface area (Å²) in [7, 11) is 1.59. The van der Waals surface area contributed by atoms with E-state index in [9.17, 15) is 4.79 Å². The van der Waals surface area contributed by atoms with Gasteiger partial charge < -0.3 is 15.4 Å². The van der Waals surface area contributed by atoms with E-state index in [1.807, 2.05) is 12.1 Å². The third-order valence-corrected chi connectivity index (χ3v) is 2.74. The quantitative estimate of drug-likeness (QED) is 0.897. The first kappa shape index (κ1) is 11.3. The highest BCUT2D eigenvalue weighted by atomic mass is 79.9. The van der Waals surface area contributed by atoms with Crippen LogP contribution < -0.4 is 15.4 Å². The molecule has 2 rings (SSSR count). The molecule has 86 valence electrons. The molecule has 0 bridgehead atoms. The van der Waals surface area contributed by atoms with Gasteiger partial charge in [0.2, 0.25) is 0 Å². The van der Waals surface area contributed by atoms with Crippen molar-refractivity contribution in [3.63, 3.8) is 0 Å². The molecule has 4 nitrogen and oxygen atoms in total. The number of benzene rings is 1. The zero-order chi connectivity index (χ0) is 11.5. The molecule has 0 saturated heterocycles. The highest BCUT2D eigenvalue weighted by molar-refractivity contribution is 9.10. The normalized spacial score (nSPS) is 14.4. The molecule has 2 N–H and O–H groups in total. The van der Waals surface area contributed by atoms with Gasteiger partial charge >= 0.3 is 6.03 Å². The van der Waals surface area contributed by atoms with Gasteiger partial charge in [-0.05, 0) is 25.0 Å². The van der Waals surface area contributed by atoms with Crippen molar-refractivity contribution in [3.8, 4) is 5.75 Å². The number of anilines is 1. The predicted molar refractivity (Wildman–Crippen MR) is 65.9 cm³/mol. The third-order valence-electron chi connectivity index (χ3n) is 2.28. The zero-order valence-electron chi connectivity index (χ0n) is 8.92. The van der Waals surface area contributed by atoms with Crippen molar-refractivity contribution >= 4 is 27.6 Å². The number of hydrogen-bond donors (Lipinski definition) is 2. The van der Waals surface area contributed by atoms with Crippen LogP contribution in [-0.4, -0.2) is 19.2 Å². The van der Waals surface area contributed by atoms with E-state index >= 15 is 0 Å². The molecule has 1 saturated carbocycles. The average Bonchev–Trinajstić information content (AvgIpc) is 3.00. The van der Waals surface area contributed by atoms with Crippen molar-refractivity contribution in [2.24, 2.45) is 0 Å². The van der Waals surface area contributed by atoms with Gasteiger partial charge in [0, 0.05) is 22.3 Å². The van der Waals surface area contributed by atoms with E-state index in [4.69, 9.17) is 4.74 Å². The van der Waals surface area contributed by atoms with Gasteiger partial charge in [-0.3, -0.25) is 0 Å². The van der Waals surface area contributed by atoms with Crippen LogP contribution in [0.4, 0.5) is 10.5 Å².